The molecular formula is C19H16N4O2S. The van der Waals surface area contributed by atoms with Crippen molar-refractivity contribution in [3.63, 3.8) is 0 Å². The van der Waals surface area contributed by atoms with Crippen molar-refractivity contribution in [1.29, 1.82) is 0 Å². The number of para-hydroxylation sites is 2. The number of ether oxygens (including phenoxy) is 1. The molecule has 0 aliphatic rings. The summed E-state index contributed by atoms with van der Waals surface area (Å²) in [4.78, 5) is 20.6. The van der Waals surface area contributed by atoms with Gasteiger partial charge in [0, 0.05) is 18.1 Å². The average molecular weight is 364 g/mol. The van der Waals surface area contributed by atoms with Gasteiger partial charge in [0.25, 0.3) is 5.19 Å². The Morgan fingerprint density at radius 3 is 2.77 bits per heavy atom. The lowest BCUT2D eigenvalue weighted by molar-refractivity contribution is -0.121. The molecule has 0 saturated heterocycles. The third kappa shape index (κ3) is 3.73. The molecule has 6 nitrogen and oxygen atoms in total. The minimum Gasteiger partial charge on any atom is -0.431 e. The van der Waals surface area contributed by atoms with Gasteiger partial charge >= 0.3 is 0 Å². The number of thiazole rings is 1. The van der Waals surface area contributed by atoms with Crippen molar-refractivity contribution in [2.24, 2.45) is 0 Å². The lowest BCUT2D eigenvalue weighted by Crippen LogP contribution is -2.26. The van der Waals surface area contributed by atoms with Gasteiger partial charge in [-0.25, -0.2) is 9.97 Å². The van der Waals surface area contributed by atoms with Gasteiger partial charge < -0.3 is 14.6 Å². The summed E-state index contributed by atoms with van der Waals surface area (Å²) in [7, 11) is 0. The predicted octanol–water partition coefficient (Wildman–Crippen LogP) is 3.60. The highest BCUT2D eigenvalue weighted by Gasteiger charge is 2.07. The van der Waals surface area contributed by atoms with Crippen molar-refractivity contribution < 1.29 is 9.53 Å². The number of aromatic nitrogens is 3. The minimum absolute atomic E-state index is 0.0590. The first-order valence-electron chi connectivity index (χ1n) is 8.11. The second-order valence-electron chi connectivity index (χ2n) is 5.68. The second kappa shape index (κ2) is 7.37. The maximum atomic E-state index is 12.2. The van der Waals surface area contributed by atoms with Gasteiger partial charge in [0.05, 0.1) is 17.4 Å². The highest BCUT2D eigenvalue weighted by Crippen LogP contribution is 2.23. The summed E-state index contributed by atoms with van der Waals surface area (Å²) in [5.41, 5.74) is 2.84. The predicted molar refractivity (Wildman–Crippen MR) is 100 cm³/mol. The Labute approximate surface area is 154 Å². The van der Waals surface area contributed by atoms with E-state index in [9.17, 15) is 4.79 Å². The molecule has 7 heteroatoms. The van der Waals surface area contributed by atoms with Crippen molar-refractivity contribution in [2.75, 3.05) is 0 Å². The van der Waals surface area contributed by atoms with E-state index < -0.39 is 0 Å². The molecule has 0 radical (unpaired) electrons. The topological polar surface area (TPSA) is 69.0 Å². The average Bonchev–Trinajstić information content (AvgIpc) is 3.32. The number of amides is 1. The Balaban J connectivity index is 1.32. The molecule has 2 heterocycles. The van der Waals surface area contributed by atoms with E-state index in [1.165, 1.54) is 11.3 Å². The van der Waals surface area contributed by atoms with Crippen LogP contribution in [0.1, 0.15) is 5.56 Å². The van der Waals surface area contributed by atoms with E-state index in [0.717, 1.165) is 22.3 Å². The maximum absolute atomic E-state index is 12.2. The van der Waals surface area contributed by atoms with Crippen LogP contribution < -0.4 is 10.1 Å². The molecule has 0 bridgehead atoms. The monoisotopic (exact) mass is 364 g/mol. The van der Waals surface area contributed by atoms with Crippen LogP contribution in [0.3, 0.4) is 0 Å². The third-order valence-corrected chi connectivity index (χ3v) is 4.52. The van der Waals surface area contributed by atoms with Crippen LogP contribution in [0.25, 0.3) is 11.0 Å². The van der Waals surface area contributed by atoms with Gasteiger partial charge in [-0.05, 0) is 29.8 Å². The SMILES string of the molecule is O=C(Cn1cnc2ccccc21)NCc1ccc(Oc2nccs2)cc1. The molecule has 4 rings (SSSR count). The molecule has 0 atom stereocenters. The Hall–Kier alpha value is -3.19. The fraction of sp³-hybridized carbons (Fsp3) is 0.105. The van der Waals surface area contributed by atoms with Gasteiger partial charge in [0.1, 0.15) is 12.3 Å². The van der Waals surface area contributed by atoms with Crippen molar-refractivity contribution >= 4 is 28.3 Å². The summed E-state index contributed by atoms with van der Waals surface area (Å²) < 4.78 is 7.46. The minimum atomic E-state index is -0.0590. The molecule has 130 valence electrons. The summed E-state index contributed by atoms with van der Waals surface area (Å²) in [6.45, 7) is 0.703. The quantitative estimate of drug-likeness (QED) is 0.567. The maximum Gasteiger partial charge on any atom is 0.278 e. The molecule has 2 aromatic carbocycles. The van der Waals surface area contributed by atoms with E-state index in [-0.39, 0.29) is 12.5 Å². The lowest BCUT2D eigenvalue weighted by Gasteiger charge is -2.08. The van der Waals surface area contributed by atoms with E-state index in [1.807, 2.05) is 58.5 Å². The summed E-state index contributed by atoms with van der Waals surface area (Å²) in [6, 6.07) is 15.3. The highest BCUT2D eigenvalue weighted by molar-refractivity contribution is 7.11. The van der Waals surface area contributed by atoms with Crippen LogP contribution in [-0.4, -0.2) is 20.4 Å². The third-order valence-electron chi connectivity index (χ3n) is 3.87. The number of benzene rings is 2. The van der Waals surface area contributed by atoms with Crippen molar-refractivity contribution in [1.82, 2.24) is 19.9 Å². The summed E-state index contributed by atoms with van der Waals surface area (Å²) in [5.74, 6) is 0.663. The molecule has 0 unspecified atom stereocenters. The fourth-order valence-corrected chi connectivity index (χ4v) is 3.09. The molecule has 26 heavy (non-hydrogen) atoms. The number of hydrogen-bond donors (Lipinski definition) is 1. The number of nitrogens with zero attached hydrogens (tertiary/aromatic N) is 3. The van der Waals surface area contributed by atoms with Crippen molar-refractivity contribution in [3.8, 4) is 10.9 Å². The van der Waals surface area contributed by atoms with Crippen LogP contribution >= 0.6 is 11.3 Å². The summed E-state index contributed by atoms with van der Waals surface area (Å²) in [5, 5.41) is 5.40. The van der Waals surface area contributed by atoms with Crippen LogP contribution in [-0.2, 0) is 17.9 Å². The zero-order valence-electron chi connectivity index (χ0n) is 13.8. The van der Waals surface area contributed by atoms with E-state index in [4.69, 9.17) is 4.74 Å². The molecule has 2 aromatic heterocycles. The van der Waals surface area contributed by atoms with Gasteiger partial charge in [-0.2, -0.15) is 0 Å². The highest BCUT2D eigenvalue weighted by atomic mass is 32.1. The number of carbonyl (C=O) groups is 1. The number of carbonyl (C=O) groups excluding carboxylic acids is 1. The van der Waals surface area contributed by atoms with Gasteiger partial charge in [-0.15, -0.1) is 0 Å². The number of nitrogens with one attached hydrogen (secondary N) is 1. The molecule has 0 aliphatic carbocycles. The fourth-order valence-electron chi connectivity index (χ4n) is 2.58. The number of fused-ring (bicyclic) bond motifs is 1. The van der Waals surface area contributed by atoms with Crippen molar-refractivity contribution in [3.05, 3.63) is 72.0 Å². The molecule has 0 spiro atoms. The number of hydrogen-bond acceptors (Lipinski definition) is 5. The first kappa shape index (κ1) is 16.3. The van der Waals surface area contributed by atoms with E-state index >= 15 is 0 Å². The van der Waals surface area contributed by atoms with Gasteiger partial charge in [0.2, 0.25) is 5.91 Å². The normalized spacial score (nSPS) is 10.8. The first-order chi connectivity index (χ1) is 12.8. The Kier molecular flexibility index (Phi) is 4.61. The largest absolute Gasteiger partial charge is 0.431 e. The second-order valence-corrected chi connectivity index (χ2v) is 6.54. The molecule has 1 amide bonds. The summed E-state index contributed by atoms with van der Waals surface area (Å²) in [6.07, 6.45) is 3.39. The molecule has 1 N–H and O–H groups in total. The van der Waals surface area contributed by atoms with Crippen LogP contribution in [0.5, 0.6) is 10.9 Å². The standard InChI is InChI=1S/C19H16N4O2S/c24-18(12-23-13-22-16-3-1-2-4-17(16)23)21-11-14-5-7-15(8-6-14)25-19-20-9-10-26-19/h1-10,13H,11-12H2,(H,21,24). The zero-order chi connectivity index (χ0) is 17.8. The van der Waals surface area contributed by atoms with Crippen molar-refractivity contribution in [2.45, 2.75) is 13.1 Å². The smallest absolute Gasteiger partial charge is 0.278 e. The van der Waals surface area contributed by atoms with Gasteiger partial charge in [0.15, 0.2) is 0 Å². The zero-order valence-corrected chi connectivity index (χ0v) is 14.6. The van der Waals surface area contributed by atoms with Crippen LogP contribution in [0.2, 0.25) is 0 Å². The van der Waals surface area contributed by atoms with Gasteiger partial charge in [-0.3, -0.25) is 4.79 Å². The molecular weight excluding hydrogens is 348 g/mol. The van der Waals surface area contributed by atoms with E-state index in [0.29, 0.717) is 11.7 Å². The van der Waals surface area contributed by atoms with E-state index in [1.54, 1.807) is 12.5 Å². The van der Waals surface area contributed by atoms with Crippen LogP contribution in [0.15, 0.2) is 66.4 Å². The van der Waals surface area contributed by atoms with E-state index in [2.05, 4.69) is 15.3 Å². The Morgan fingerprint density at radius 1 is 1.12 bits per heavy atom. The van der Waals surface area contributed by atoms with Crippen LogP contribution in [0.4, 0.5) is 0 Å². The Morgan fingerprint density at radius 2 is 1.96 bits per heavy atom. The summed E-state index contributed by atoms with van der Waals surface area (Å²) >= 11 is 1.44. The number of rotatable bonds is 6. The Bertz CT molecular complexity index is 1010. The molecule has 0 saturated carbocycles. The number of imidazole rings is 1. The van der Waals surface area contributed by atoms with Gasteiger partial charge in [-0.1, -0.05) is 35.6 Å². The molecule has 0 aliphatic heterocycles. The lowest BCUT2D eigenvalue weighted by atomic mass is 10.2. The first-order valence-corrected chi connectivity index (χ1v) is 8.99. The van der Waals surface area contributed by atoms with Crippen LogP contribution in [0, 0.1) is 0 Å². The molecule has 4 aromatic rings. The molecule has 0 fully saturated rings.